The topological polar surface area (TPSA) is 92.7 Å². The molecule has 22 heavy (non-hydrogen) atoms. The number of carboxylic acid groups (broad SMARTS) is 1. The molecule has 0 saturated heterocycles. The number of aliphatic carboxylic acids is 1. The zero-order valence-electron chi connectivity index (χ0n) is 13.2. The van der Waals surface area contributed by atoms with Gasteiger partial charge in [0, 0.05) is 12.1 Å². The fraction of sp³-hybridized carbons (Fsp3) is 0.438. The third-order valence-corrected chi connectivity index (χ3v) is 3.20. The van der Waals surface area contributed by atoms with Crippen LogP contribution >= 0.6 is 0 Å². The number of hydrogen-bond donors (Lipinski definition) is 2. The first-order valence-electron chi connectivity index (χ1n) is 6.85. The molecule has 1 rings (SSSR count). The highest BCUT2D eigenvalue weighted by atomic mass is 16.5. The number of ether oxygens (including phenoxy) is 1. The number of esters is 1. The second-order valence-electron chi connectivity index (χ2n) is 5.98. The molecular weight excluding hydrogens is 286 g/mol. The number of anilines is 1. The summed E-state index contributed by atoms with van der Waals surface area (Å²) in [5, 5.41) is 11.6. The van der Waals surface area contributed by atoms with E-state index in [4.69, 9.17) is 5.11 Å². The Morgan fingerprint density at radius 1 is 1.23 bits per heavy atom. The summed E-state index contributed by atoms with van der Waals surface area (Å²) in [4.78, 5) is 34.4. The van der Waals surface area contributed by atoms with E-state index in [2.05, 4.69) is 10.1 Å². The number of carbonyl (C=O) groups excluding carboxylic acids is 2. The molecule has 6 heteroatoms. The molecule has 0 aliphatic heterocycles. The number of benzene rings is 1. The average molecular weight is 307 g/mol. The van der Waals surface area contributed by atoms with Gasteiger partial charge in [0.2, 0.25) is 5.91 Å². The zero-order valence-corrected chi connectivity index (χ0v) is 13.2. The molecule has 0 bridgehead atoms. The summed E-state index contributed by atoms with van der Waals surface area (Å²) in [7, 11) is 1.29. The first kappa shape index (κ1) is 17.7. The fourth-order valence-corrected chi connectivity index (χ4v) is 2.10. The van der Waals surface area contributed by atoms with E-state index in [0.29, 0.717) is 11.3 Å². The van der Waals surface area contributed by atoms with E-state index in [-0.39, 0.29) is 18.7 Å². The molecule has 0 fully saturated rings. The van der Waals surface area contributed by atoms with Gasteiger partial charge in [0.05, 0.1) is 19.1 Å². The number of methoxy groups -OCH3 is 1. The van der Waals surface area contributed by atoms with Crippen LogP contribution in [0.25, 0.3) is 0 Å². The van der Waals surface area contributed by atoms with Crippen molar-refractivity contribution in [2.24, 2.45) is 5.41 Å². The molecule has 0 atom stereocenters. The summed E-state index contributed by atoms with van der Waals surface area (Å²) in [6.45, 7) is 5.25. The highest BCUT2D eigenvalue weighted by Gasteiger charge is 2.25. The second kappa shape index (κ2) is 7.06. The van der Waals surface area contributed by atoms with Crippen LogP contribution in [-0.2, 0) is 14.3 Å². The van der Waals surface area contributed by atoms with Gasteiger partial charge in [-0.15, -0.1) is 0 Å². The van der Waals surface area contributed by atoms with Crippen molar-refractivity contribution in [3.63, 3.8) is 0 Å². The molecule has 6 nitrogen and oxygen atoms in total. The van der Waals surface area contributed by atoms with Crippen molar-refractivity contribution in [1.29, 1.82) is 0 Å². The third-order valence-electron chi connectivity index (χ3n) is 3.20. The molecule has 1 amide bonds. The molecule has 0 heterocycles. The first-order chi connectivity index (χ1) is 10.1. The molecule has 0 radical (unpaired) electrons. The van der Waals surface area contributed by atoms with Gasteiger partial charge in [-0.25, -0.2) is 4.79 Å². The Morgan fingerprint density at radius 2 is 1.86 bits per heavy atom. The predicted molar refractivity (Wildman–Crippen MR) is 81.8 cm³/mol. The van der Waals surface area contributed by atoms with Crippen molar-refractivity contribution in [3.8, 4) is 0 Å². The maximum atomic E-state index is 12.1. The van der Waals surface area contributed by atoms with E-state index in [1.807, 2.05) is 0 Å². The maximum Gasteiger partial charge on any atom is 0.337 e. The lowest BCUT2D eigenvalue weighted by Gasteiger charge is -2.21. The molecule has 0 saturated carbocycles. The van der Waals surface area contributed by atoms with Gasteiger partial charge in [-0.05, 0) is 30.0 Å². The van der Waals surface area contributed by atoms with E-state index in [0.717, 1.165) is 5.56 Å². The zero-order chi connectivity index (χ0) is 16.9. The van der Waals surface area contributed by atoms with Gasteiger partial charge in [0.1, 0.15) is 0 Å². The molecule has 2 N–H and O–H groups in total. The summed E-state index contributed by atoms with van der Waals surface area (Å²) in [6.07, 6.45) is -0.0250. The van der Waals surface area contributed by atoms with Gasteiger partial charge in [-0.3, -0.25) is 9.59 Å². The van der Waals surface area contributed by atoms with Gasteiger partial charge in [-0.1, -0.05) is 19.9 Å². The third kappa shape index (κ3) is 5.20. The van der Waals surface area contributed by atoms with E-state index >= 15 is 0 Å². The van der Waals surface area contributed by atoms with Crippen LogP contribution in [0.15, 0.2) is 18.2 Å². The number of aryl methyl sites for hydroxylation is 1. The van der Waals surface area contributed by atoms with Crippen LogP contribution in [-0.4, -0.2) is 30.1 Å². The van der Waals surface area contributed by atoms with Gasteiger partial charge in [0.25, 0.3) is 0 Å². The van der Waals surface area contributed by atoms with Crippen LogP contribution in [0.2, 0.25) is 0 Å². The van der Waals surface area contributed by atoms with Crippen LogP contribution in [0, 0.1) is 12.3 Å². The van der Waals surface area contributed by atoms with Crippen LogP contribution in [0.4, 0.5) is 5.69 Å². The molecule has 0 aromatic heterocycles. The van der Waals surface area contributed by atoms with Gasteiger partial charge < -0.3 is 15.2 Å². The monoisotopic (exact) mass is 307 g/mol. The number of hydrogen-bond acceptors (Lipinski definition) is 4. The van der Waals surface area contributed by atoms with Gasteiger partial charge in [-0.2, -0.15) is 0 Å². The van der Waals surface area contributed by atoms with Crippen LogP contribution < -0.4 is 5.32 Å². The minimum Gasteiger partial charge on any atom is -0.481 e. The molecule has 120 valence electrons. The number of nitrogens with one attached hydrogen (secondary N) is 1. The standard InChI is InChI=1S/C16H21NO5/c1-10-5-6-11(15(21)22-4)7-12(10)17-13(18)8-16(2,3)9-14(19)20/h5-7H,8-9H2,1-4H3,(H,17,18)(H,19,20). The Hall–Kier alpha value is -2.37. The lowest BCUT2D eigenvalue weighted by molar-refractivity contribution is -0.139. The second-order valence-corrected chi connectivity index (χ2v) is 5.98. The summed E-state index contributed by atoms with van der Waals surface area (Å²) in [6, 6.07) is 4.87. The van der Waals surface area contributed by atoms with Crippen molar-refractivity contribution in [2.45, 2.75) is 33.6 Å². The molecule has 0 aliphatic rings. The molecular formula is C16H21NO5. The van der Waals surface area contributed by atoms with Gasteiger partial charge >= 0.3 is 11.9 Å². The number of amides is 1. The molecule has 1 aromatic carbocycles. The molecule has 1 aromatic rings. The maximum absolute atomic E-state index is 12.1. The smallest absolute Gasteiger partial charge is 0.337 e. The number of rotatable bonds is 6. The van der Waals surface area contributed by atoms with E-state index in [1.165, 1.54) is 7.11 Å². The van der Waals surface area contributed by atoms with Crippen molar-refractivity contribution >= 4 is 23.5 Å². The lowest BCUT2D eigenvalue weighted by atomic mass is 9.85. The Kier molecular flexibility index (Phi) is 5.68. The Balaban J connectivity index is 2.84. The minimum absolute atomic E-state index is 0.0706. The Labute approximate surface area is 129 Å². The van der Waals surface area contributed by atoms with Crippen LogP contribution in [0.1, 0.15) is 42.6 Å². The van der Waals surface area contributed by atoms with Gasteiger partial charge in [0.15, 0.2) is 0 Å². The normalized spacial score (nSPS) is 10.9. The SMILES string of the molecule is COC(=O)c1ccc(C)c(NC(=O)CC(C)(C)CC(=O)O)c1. The Morgan fingerprint density at radius 3 is 2.41 bits per heavy atom. The minimum atomic E-state index is -0.943. The largest absolute Gasteiger partial charge is 0.481 e. The molecule has 0 aliphatic carbocycles. The Bertz CT molecular complexity index is 592. The highest BCUT2D eigenvalue weighted by molar-refractivity contribution is 5.95. The van der Waals surface area contributed by atoms with E-state index in [1.54, 1.807) is 39.0 Å². The van der Waals surface area contributed by atoms with E-state index < -0.39 is 17.4 Å². The number of carboxylic acids is 1. The van der Waals surface area contributed by atoms with Crippen molar-refractivity contribution in [1.82, 2.24) is 0 Å². The van der Waals surface area contributed by atoms with Crippen LogP contribution in [0.5, 0.6) is 0 Å². The summed E-state index contributed by atoms with van der Waals surface area (Å²) in [5.41, 5.74) is 1.01. The molecule has 0 spiro atoms. The number of carbonyl (C=O) groups is 3. The highest BCUT2D eigenvalue weighted by Crippen LogP contribution is 2.26. The first-order valence-corrected chi connectivity index (χ1v) is 6.85. The van der Waals surface area contributed by atoms with Crippen molar-refractivity contribution in [2.75, 3.05) is 12.4 Å². The van der Waals surface area contributed by atoms with Crippen molar-refractivity contribution < 1.29 is 24.2 Å². The lowest BCUT2D eigenvalue weighted by Crippen LogP contribution is -2.25. The van der Waals surface area contributed by atoms with Crippen LogP contribution in [0.3, 0.4) is 0 Å². The average Bonchev–Trinajstić information content (AvgIpc) is 2.38. The molecule has 0 unspecified atom stereocenters. The summed E-state index contributed by atoms with van der Waals surface area (Å²) < 4.78 is 4.64. The summed E-state index contributed by atoms with van der Waals surface area (Å²) >= 11 is 0. The van der Waals surface area contributed by atoms with Crippen molar-refractivity contribution in [3.05, 3.63) is 29.3 Å². The quantitative estimate of drug-likeness (QED) is 0.788. The predicted octanol–water partition coefficient (Wildman–Crippen LogP) is 2.61. The fourth-order valence-electron chi connectivity index (χ4n) is 2.10. The summed E-state index contributed by atoms with van der Waals surface area (Å²) in [5.74, 6) is -1.72. The van der Waals surface area contributed by atoms with E-state index in [9.17, 15) is 14.4 Å².